The van der Waals surface area contributed by atoms with Crippen LogP contribution in [0.1, 0.15) is 4.88 Å². The first kappa shape index (κ1) is 26.6. The molecule has 34 heavy (non-hydrogen) atoms. The predicted molar refractivity (Wildman–Crippen MR) is 121 cm³/mol. The monoisotopic (exact) mass is 509 g/mol. The largest absolute Gasteiger partial charge is 0.481 e. The van der Waals surface area contributed by atoms with Gasteiger partial charge in [0.1, 0.15) is 4.21 Å². The Kier molecular flexibility index (Phi) is 9.36. The second kappa shape index (κ2) is 12.0. The number of rotatable bonds is 8. The van der Waals surface area contributed by atoms with Gasteiger partial charge in [-0.1, -0.05) is 0 Å². The number of methoxy groups -OCH3 is 1. The third-order valence-corrected chi connectivity index (χ3v) is 7.40. The highest BCUT2D eigenvalue weighted by Crippen LogP contribution is 2.39. The smallest absolute Gasteiger partial charge is 0.328 e. The Morgan fingerprint density at radius 2 is 1.82 bits per heavy atom. The van der Waals surface area contributed by atoms with Crippen LogP contribution in [0.15, 0.2) is 64.0 Å². The number of halogens is 1. The summed E-state index contributed by atoms with van der Waals surface area (Å²) in [5, 5.41) is 18.6. The molecule has 0 unspecified atom stereocenters. The first-order valence-electron chi connectivity index (χ1n) is 9.37. The van der Waals surface area contributed by atoms with Gasteiger partial charge in [0.15, 0.2) is 0 Å². The summed E-state index contributed by atoms with van der Waals surface area (Å²) < 4.78 is 45.5. The highest BCUT2D eigenvalue weighted by atomic mass is 32.2. The minimum Gasteiger partial charge on any atom is -0.481 e. The Labute approximate surface area is 198 Å². The van der Waals surface area contributed by atoms with Gasteiger partial charge < -0.3 is 20.3 Å². The van der Waals surface area contributed by atoms with Crippen molar-refractivity contribution in [2.75, 3.05) is 14.2 Å². The molecule has 0 amide bonds. The zero-order valence-electron chi connectivity index (χ0n) is 17.9. The maximum Gasteiger partial charge on any atom is 0.328 e. The molecule has 0 aliphatic rings. The number of ether oxygens (including phenoxy) is 1. The molecule has 0 fully saturated rings. The number of hydrogen-bond acceptors (Lipinski definition) is 9. The molecular weight excluding hydrogens is 489 g/mol. The number of sulfone groups is 1. The van der Waals surface area contributed by atoms with Gasteiger partial charge in [-0.2, -0.15) is 4.39 Å². The Morgan fingerprint density at radius 1 is 1.15 bits per heavy atom. The minimum atomic E-state index is -3.88. The van der Waals surface area contributed by atoms with E-state index in [2.05, 4.69) is 15.3 Å². The van der Waals surface area contributed by atoms with Crippen molar-refractivity contribution in [3.8, 4) is 17.0 Å². The van der Waals surface area contributed by atoms with E-state index in [1.807, 2.05) is 0 Å². The van der Waals surface area contributed by atoms with E-state index in [1.54, 1.807) is 19.2 Å². The molecule has 0 aliphatic carbocycles. The summed E-state index contributed by atoms with van der Waals surface area (Å²) in [6.45, 7) is 0.468. The van der Waals surface area contributed by atoms with Crippen LogP contribution >= 0.6 is 11.3 Å². The fraction of sp³-hybridized carbons (Fsp3) is 0.143. The van der Waals surface area contributed by atoms with Crippen molar-refractivity contribution >= 4 is 33.1 Å². The van der Waals surface area contributed by atoms with Crippen LogP contribution < -0.4 is 10.1 Å². The van der Waals surface area contributed by atoms with Crippen molar-refractivity contribution in [1.82, 2.24) is 15.3 Å². The molecule has 0 atom stereocenters. The lowest BCUT2D eigenvalue weighted by atomic mass is 10.1. The quantitative estimate of drug-likeness (QED) is 0.305. The van der Waals surface area contributed by atoms with E-state index in [9.17, 15) is 22.4 Å². The van der Waals surface area contributed by atoms with Crippen molar-refractivity contribution in [3.05, 3.63) is 65.7 Å². The number of aliphatic carboxylic acids is 2. The summed E-state index contributed by atoms with van der Waals surface area (Å²) in [4.78, 5) is 27.5. The van der Waals surface area contributed by atoms with Crippen LogP contribution in [0.2, 0.25) is 0 Å². The predicted octanol–water partition coefficient (Wildman–Crippen LogP) is 2.62. The van der Waals surface area contributed by atoms with Crippen LogP contribution in [-0.4, -0.2) is 54.7 Å². The second-order valence-electron chi connectivity index (χ2n) is 6.34. The number of nitrogens with one attached hydrogen (secondary N) is 1. The molecule has 0 saturated heterocycles. The van der Waals surface area contributed by atoms with Gasteiger partial charge in [-0.05, 0) is 31.3 Å². The van der Waals surface area contributed by atoms with Crippen LogP contribution in [-0.2, 0) is 26.0 Å². The number of carboxylic acid groups (broad SMARTS) is 2. The maximum absolute atomic E-state index is 14.2. The van der Waals surface area contributed by atoms with E-state index < -0.39 is 27.7 Å². The van der Waals surface area contributed by atoms with E-state index in [0.717, 1.165) is 16.2 Å². The zero-order valence-corrected chi connectivity index (χ0v) is 19.6. The highest BCUT2D eigenvalue weighted by Gasteiger charge is 2.27. The third kappa shape index (κ3) is 6.91. The van der Waals surface area contributed by atoms with Crippen LogP contribution in [0.4, 0.5) is 4.39 Å². The molecule has 3 aromatic heterocycles. The summed E-state index contributed by atoms with van der Waals surface area (Å²) in [5.74, 6) is -2.92. The zero-order chi connectivity index (χ0) is 25.3. The maximum atomic E-state index is 14.2. The normalized spacial score (nSPS) is 11.0. The number of carboxylic acids is 2. The van der Waals surface area contributed by atoms with Gasteiger partial charge in [-0.15, -0.1) is 11.3 Å². The molecule has 3 aromatic rings. The molecule has 10 nitrogen and oxygen atoms in total. The Morgan fingerprint density at radius 3 is 2.32 bits per heavy atom. The number of carbonyl (C=O) groups is 2. The number of hydrogen-bond donors (Lipinski definition) is 3. The summed E-state index contributed by atoms with van der Waals surface area (Å²) in [7, 11) is -0.676. The van der Waals surface area contributed by atoms with E-state index >= 15 is 0 Å². The number of pyridine rings is 2. The fourth-order valence-electron chi connectivity index (χ4n) is 2.56. The molecule has 0 spiro atoms. The van der Waals surface area contributed by atoms with Gasteiger partial charge in [0.2, 0.25) is 21.7 Å². The molecular formula is C21H20FN3O7S2. The first-order chi connectivity index (χ1) is 16.1. The van der Waals surface area contributed by atoms with Crippen molar-refractivity contribution in [2.45, 2.75) is 15.6 Å². The number of aromatic nitrogens is 2. The SMILES string of the molecule is CNCc1cc(-c2cccnc2F)c(S(=O)(=O)c2ccc(OC)nc2)s1.O=C(O)/C=C/C(=O)O. The Balaban J connectivity index is 0.000000440. The first-order valence-corrected chi connectivity index (χ1v) is 11.7. The third-order valence-electron chi connectivity index (χ3n) is 3.99. The lowest BCUT2D eigenvalue weighted by Crippen LogP contribution is -2.03. The van der Waals surface area contributed by atoms with Gasteiger partial charge in [-0.25, -0.2) is 28.0 Å². The van der Waals surface area contributed by atoms with Crippen molar-refractivity contribution in [1.29, 1.82) is 0 Å². The topological polar surface area (TPSA) is 156 Å². The second-order valence-corrected chi connectivity index (χ2v) is 9.62. The van der Waals surface area contributed by atoms with Crippen LogP contribution in [0.5, 0.6) is 5.88 Å². The van der Waals surface area contributed by atoms with E-state index in [1.165, 1.54) is 37.7 Å². The van der Waals surface area contributed by atoms with Gasteiger partial charge in [0.05, 0.1) is 12.0 Å². The van der Waals surface area contributed by atoms with E-state index in [4.69, 9.17) is 14.9 Å². The van der Waals surface area contributed by atoms with E-state index in [-0.39, 0.29) is 14.7 Å². The molecule has 3 rings (SSSR count). The summed E-state index contributed by atoms with van der Waals surface area (Å²) in [5.41, 5.74) is 0.438. The Hall–Kier alpha value is -3.68. The number of thiophene rings is 1. The molecule has 3 heterocycles. The Bertz CT molecular complexity index is 1270. The lowest BCUT2D eigenvalue weighted by Gasteiger charge is -2.07. The average Bonchev–Trinajstić information content (AvgIpc) is 3.23. The van der Waals surface area contributed by atoms with E-state index in [0.29, 0.717) is 30.1 Å². The highest BCUT2D eigenvalue weighted by molar-refractivity contribution is 7.93. The number of nitrogens with zero attached hydrogens (tertiary/aromatic N) is 2. The molecule has 13 heteroatoms. The molecule has 0 saturated carbocycles. The molecule has 0 bridgehead atoms. The molecule has 3 N–H and O–H groups in total. The summed E-state index contributed by atoms with van der Waals surface area (Å²) in [6, 6.07) is 7.64. The summed E-state index contributed by atoms with van der Waals surface area (Å²) in [6.07, 6.45) is 3.67. The van der Waals surface area contributed by atoms with Gasteiger partial charge in [-0.3, -0.25) is 0 Å². The molecule has 0 aromatic carbocycles. The average molecular weight is 510 g/mol. The van der Waals surface area contributed by atoms with Crippen LogP contribution in [0, 0.1) is 5.95 Å². The molecule has 0 radical (unpaired) electrons. The van der Waals surface area contributed by atoms with Crippen molar-refractivity contribution in [3.63, 3.8) is 0 Å². The van der Waals surface area contributed by atoms with Crippen LogP contribution in [0.25, 0.3) is 11.1 Å². The minimum absolute atomic E-state index is 0.0155. The van der Waals surface area contributed by atoms with Gasteiger partial charge in [0.25, 0.3) is 0 Å². The molecule has 180 valence electrons. The lowest BCUT2D eigenvalue weighted by molar-refractivity contribution is -0.134. The molecule has 0 aliphatic heterocycles. The van der Waals surface area contributed by atoms with Gasteiger partial charge in [0, 0.05) is 53.2 Å². The van der Waals surface area contributed by atoms with Crippen molar-refractivity contribution < 1.29 is 37.3 Å². The van der Waals surface area contributed by atoms with Gasteiger partial charge >= 0.3 is 11.9 Å². The van der Waals surface area contributed by atoms with Crippen LogP contribution in [0.3, 0.4) is 0 Å². The standard InChI is InChI=1S/C17H16FN3O3S2.C4H4O4/c1-19-9-11-8-14(13-4-3-7-20-16(13)18)17(25-11)26(22,23)12-5-6-15(24-2)21-10-12;5-3(6)1-2-4(7)8/h3-8,10,19H,9H2,1-2H3;1-2H,(H,5,6)(H,7,8)/b;2-1+. The van der Waals surface area contributed by atoms with Crippen molar-refractivity contribution in [2.24, 2.45) is 0 Å². The summed E-state index contributed by atoms with van der Waals surface area (Å²) >= 11 is 1.10. The fourth-order valence-corrected chi connectivity index (χ4v) is 5.63.